The van der Waals surface area contributed by atoms with Crippen molar-refractivity contribution in [3.05, 3.63) is 16.3 Å². The number of hydrogen-bond donors (Lipinski definition) is 2. The van der Waals surface area contributed by atoms with E-state index in [0.717, 1.165) is 12.8 Å². The van der Waals surface area contributed by atoms with Gasteiger partial charge in [-0.2, -0.15) is 4.98 Å². The summed E-state index contributed by atoms with van der Waals surface area (Å²) in [5, 5.41) is 17.2. The number of aromatic nitrogens is 2. The summed E-state index contributed by atoms with van der Waals surface area (Å²) in [6, 6.07) is 0.513. The maximum absolute atomic E-state index is 10.9. The fourth-order valence-corrected chi connectivity index (χ4v) is 1.48. The molecule has 1 aliphatic carbocycles. The van der Waals surface area contributed by atoms with E-state index in [4.69, 9.17) is 0 Å². The third-order valence-electron chi connectivity index (χ3n) is 3.24. The van der Waals surface area contributed by atoms with Crippen LogP contribution in [0, 0.1) is 16.0 Å². The van der Waals surface area contributed by atoms with E-state index in [1.807, 2.05) is 6.92 Å². The molecule has 1 aliphatic rings. The van der Waals surface area contributed by atoms with Crippen molar-refractivity contribution in [3.8, 4) is 0 Å². The van der Waals surface area contributed by atoms with E-state index in [-0.39, 0.29) is 11.7 Å². The Bertz CT molecular complexity index is 473. The van der Waals surface area contributed by atoms with Crippen molar-refractivity contribution in [3.63, 3.8) is 0 Å². The molecule has 104 valence electrons. The van der Waals surface area contributed by atoms with Gasteiger partial charge in [0, 0.05) is 12.1 Å². The van der Waals surface area contributed by atoms with Crippen molar-refractivity contribution in [1.82, 2.24) is 9.97 Å². The molecular formula is C12H19N5O2. The van der Waals surface area contributed by atoms with Gasteiger partial charge in [-0.25, -0.2) is 4.98 Å². The molecule has 7 nitrogen and oxygen atoms in total. The summed E-state index contributed by atoms with van der Waals surface area (Å²) >= 11 is 0. The Kier molecular flexibility index (Phi) is 3.82. The van der Waals surface area contributed by atoms with Crippen LogP contribution >= 0.6 is 0 Å². The first-order valence-electron chi connectivity index (χ1n) is 6.52. The van der Waals surface area contributed by atoms with Gasteiger partial charge in [-0.05, 0) is 25.7 Å². The highest BCUT2D eigenvalue weighted by molar-refractivity contribution is 5.58. The SMILES string of the molecule is CC(C)C(C)Nc1ncc([N+](=O)[O-])c(NC2CC2)n1. The first kappa shape index (κ1) is 13.5. The Morgan fingerprint density at radius 2 is 2.11 bits per heavy atom. The predicted molar refractivity (Wildman–Crippen MR) is 73.3 cm³/mol. The van der Waals surface area contributed by atoms with Gasteiger partial charge in [0.2, 0.25) is 11.8 Å². The highest BCUT2D eigenvalue weighted by atomic mass is 16.6. The normalized spacial score (nSPS) is 16.2. The molecule has 0 aliphatic heterocycles. The molecule has 0 aromatic carbocycles. The van der Waals surface area contributed by atoms with Gasteiger partial charge in [-0.3, -0.25) is 10.1 Å². The minimum atomic E-state index is -0.458. The molecule has 1 atom stereocenters. The molecule has 1 aromatic heterocycles. The van der Waals surface area contributed by atoms with Crippen LogP contribution in [0.5, 0.6) is 0 Å². The zero-order valence-corrected chi connectivity index (χ0v) is 11.4. The Balaban J connectivity index is 2.19. The van der Waals surface area contributed by atoms with Gasteiger partial charge < -0.3 is 10.6 Å². The van der Waals surface area contributed by atoms with Gasteiger partial charge in [0.1, 0.15) is 6.20 Å². The molecule has 1 unspecified atom stereocenters. The lowest BCUT2D eigenvalue weighted by Crippen LogP contribution is -2.23. The smallest absolute Gasteiger partial charge is 0.329 e. The Morgan fingerprint density at radius 3 is 2.63 bits per heavy atom. The number of hydrogen-bond acceptors (Lipinski definition) is 6. The van der Waals surface area contributed by atoms with Crippen LogP contribution < -0.4 is 10.6 Å². The van der Waals surface area contributed by atoms with Crippen molar-refractivity contribution in [2.75, 3.05) is 10.6 Å². The second-order valence-electron chi connectivity index (χ2n) is 5.28. The van der Waals surface area contributed by atoms with Crippen LogP contribution in [0.2, 0.25) is 0 Å². The zero-order chi connectivity index (χ0) is 14.0. The van der Waals surface area contributed by atoms with Gasteiger partial charge >= 0.3 is 5.69 Å². The van der Waals surface area contributed by atoms with Crippen LogP contribution in [-0.2, 0) is 0 Å². The number of nitrogens with zero attached hydrogens (tertiary/aromatic N) is 3. The van der Waals surface area contributed by atoms with Gasteiger partial charge in [-0.15, -0.1) is 0 Å². The standard InChI is InChI=1S/C12H19N5O2/c1-7(2)8(3)14-12-13-6-10(17(18)19)11(16-12)15-9-4-5-9/h6-9H,4-5H2,1-3H3,(H2,13,14,15,16). The van der Waals surface area contributed by atoms with Crippen molar-refractivity contribution in [2.45, 2.75) is 45.7 Å². The number of anilines is 2. The van der Waals surface area contributed by atoms with Gasteiger partial charge in [0.15, 0.2) is 0 Å². The molecule has 2 N–H and O–H groups in total. The lowest BCUT2D eigenvalue weighted by atomic mass is 10.1. The van der Waals surface area contributed by atoms with Crippen molar-refractivity contribution >= 4 is 17.5 Å². The van der Waals surface area contributed by atoms with Crippen LogP contribution in [0.4, 0.5) is 17.5 Å². The minimum Gasteiger partial charge on any atom is -0.361 e. The lowest BCUT2D eigenvalue weighted by molar-refractivity contribution is -0.384. The van der Waals surface area contributed by atoms with Crippen LogP contribution in [0.25, 0.3) is 0 Å². The topological polar surface area (TPSA) is 93.0 Å². The van der Waals surface area contributed by atoms with E-state index in [1.54, 1.807) is 0 Å². The van der Waals surface area contributed by atoms with E-state index in [2.05, 4.69) is 34.4 Å². The second-order valence-corrected chi connectivity index (χ2v) is 5.28. The Labute approximate surface area is 112 Å². The van der Waals surface area contributed by atoms with Crippen molar-refractivity contribution < 1.29 is 4.92 Å². The van der Waals surface area contributed by atoms with Gasteiger partial charge in [-0.1, -0.05) is 13.8 Å². The summed E-state index contributed by atoms with van der Waals surface area (Å²) in [7, 11) is 0. The van der Waals surface area contributed by atoms with Crippen LogP contribution in [-0.4, -0.2) is 27.0 Å². The number of rotatable bonds is 6. The summed E-state index contributed by atoms with van der Waals surface area (Å²) < 4.78 is 0. The van der Waals surface area contributed by atoms with E-state index < -0.39 is 4.92 Å². The van der Waals surface area contributed by atoms with Gasteiger partial charge in [0.05, 0.1) is 4.92 Å². The van der Waals surface area contributed by atoms with E-state index in [9.17, 15) is 10.1 Å². The molecule has 1 saturated carbocycles. The molecule has 7 heteroatoms. The van der Waals surface area contributed by atoms with Gasteiger partial charge in [0.25, 0.3) is 0 Å². The lowest BCUT2D eigenvalue weighted by Gasteiger charge is -2.17. The average Bonchev–Trinajstić information content (AvgIpc) is 3.12. The highest BCUT2D eigenvalue weighted by Gasteiger charge is 2.26. The van der Waals surface area contributed by atoms with Crippen molar-refractivity contribution in [1.29, 1.82) is 0 Å². The minimum absolute atomic E-state index is 0.0744. The molecule has 0 saturated heterocycles. The molecule has 0 radical (unpaired) electrons. The largest absolute Gasteiger partial charge is 0.361 e. The molecule has 0 spiro atoms. The third kappa shape index (κ3) is 3.52. The quantitative estimate of drug-likeness (QED) is 0.606. The molecule has 1 aromatic rings. The summed E-state index contributed by atoms with van der Waals surface area (Å²) in [5.74, 6) is 1.16. The Morgan fingerprint density at radius 1 is 1.42 bits per heavy atom. The van der Waals surface area contributed by atoms with E-state index in [1.165, 1.54) is 6.20 Å². The zero-order valence-electron chi connectivity index (χ0n) is 11.4. The fourth-order valence-electron chi connectivity index (χ4n) is 1.48. The second kappa shape index (κ2) is 5.38. The molecule has 0 bridgehead atoms. The molecule has 19 heavy (non-hydrogen) atoms. The maximum atomic E-state index is 10.9. The molecular weight excluding hydrogens is 246 g/mol. The monoisotopic (exact) mass is 265 g/mol. The summed E-state index contributed by atoms with van der Waals surface area (Å²) in [4.78, 5) is 18.7. The predicted octanol–water partition coefficient (Wildman–Crippen LogP) is 2.42. The number of nitro groups is 1. The van der Waals surface area contributed by atoms with Crippen LogP contribution in [0.1, 0.15) is 33.6 Å². The summed E-state index contributed by atoms with van der Waals surface area (Å²) in [5.41, 5.74) is -0.0744. The summed E-state index contributed by atoms with van der Waals surface area (Å²) in [6.45, 7) is 6.21. The maximum Gasteiger partial charge on any atom is 0.329 e. The number of nitrogens with one attached hydrogen (secondary N) is 2. The molecule has 0 amide bonds. The fraction of sp³-hybridized carbons (Fsp3) is 0.667. The highest BCUT2D eigenvalue weighted by Crippen LogP contribution is 2.29. The van der Waals surface area contributed by atoms with E-state index in [0.29, 0.717) is 23.7 Å². The van der Waals surface area contributed by atoms with E-state index >= 15 is 0 Å². The Hall–Kier alpha value is -1.92. The van der Waals surface area contributed by atoms with Crippen molar-refractivity contribution in [2.24, 2.45) is 5.92 Å². The molecule has 1 heterocycles. The molecule has 2 rings (SSSR count). The molecule has 1 fully saturated rings. The van der Waals surface area contributed by atoms with Crippen LogP contribution in [0.3, 0.4) is 0 Å². The first-order valence-corrected chi connectivity index (χ1v) is 6.52. The third-order valence-corrected chi connectivity index (χ3v) is 3.24. The van der Waals surface area contributed by atoms with Crippen LogP contribution in [0.15, 0.2) is 6.20 Å². The first-order chi connectivity index (χ1) is 8.97. The average molecular weight is 265 g/mol. The summed E-state index contributed by atoms with van der Waals surface area (Å²) in [6.07, 6.45) is 3.33.